The molecule has 0 bridgehead atoms. The number of hydrogen-bond donors (Lipinski definition) is 4. The predicted molar refractivity (Wildman–Crippen MR) is 94.9 cm³/mol. The first-order valence-corrected chi connectivity index (χ1v) is 8.62. The third kappa shape index (κ3) is 8.46. The quantitative estimate of drug-likeness (QED) is 0.508. The zero-order chi connectivity index (χ0) is 19.5. The number of carbonyl (C=O) groups excluding carboxylic acids is 2. The van der Waals surface area contributed by atoms with Gasteiger partial charge in [0.2, 0.25) is 5.91 Å². The highest BCUT2D eigenvalue weighted by molar-refractivity contribution is 5.87. The van der Waals surface area contributed by atoms with Crippen molar-refractivity contribution in [2.24, 2.45) is 0 Å². The van der Waals surface area contributed by atoms with Gasteiger partial charge in [-0.05, 0) is 37.5 Å². The lowest BCUT2D eigenvalue weighted by molar-refractivity contribution is -0.137. The summed E-state index contributed by atoms with van der Waals surface area (Å²) in [6.45, 7) is 3.83. The maximum Gasteiger partial charge on any atom is 0.315 e. The molecule has 8 heteroatoms. The lowest BCUT2D eigenvalue weighted by Gasteiger charge is -2.21. The highest BCUT2D eigenvalue weighted by atomic mass is 19.1. The van der Waals surface area contributed by atoms with Gasteiger partial charge >= 0.3 is 12.0 Å². The molecule has 0 heterocycles. The molecule has 0 spiro atoms. The normalized spacial score (nSPS) is 12.7. The minimum Gasteiger partial charge on any atom is -0.481 e. The number of halogens is 1. The molecule has 0 fully saturated rings. The number of benzene rings is 1. The summed E-state index contributed by atoms with van der Waals surface area (Å²) in [5.41, 5.74) is 0.736. The van der Waals surface area contributed by atoms with Crippen LogP contribution in [0, 0.1) is 5.82 Å². The first kappa shape index (κ1) is 21.4. The number of rotatable bonds is 10. The molecule has 1 aromatic carbocycles. The van der Waals surface area contributed by atoms with Gasteiger partial charge < -0.3 is 21.1 Å². The highest BCUT2D eigenvalue weighted by Crippen LogP contribution is 2.03. The van der Waals surface area contributed by atoms with E-state index in [0.29, 0.717) is 19.3 Å². The Morgan fingerprint density at radius 1 is 1.12 bits per heavy atom. The minimum atomic E-state index is -0.922. The van der Waals surface area contributed by atoms with Gasteiger partial charge in [-0.15, -0.1) is 0 Å². The Kier molecular flexibility index (Phi) is 9.11. The first-order valence-electron chi connectivity index (χ1n) is 8.62. The molecule has 7 nitrogen and oxygen atoms in total. The monoisotopic (exact) mass is 367 g/mol. The van der Waals surface area contributed by atoms with Crippen LogP contribution in [0.25, 0.3) is 0 Å². The maximum absolute atomic E-state index is 12.9. The van der Waals surface area contributed by atoms with Crippen LogP contribution in [-0.2, 0) is 16.1 Å². The van der Waals surface area contributed by atoms with Crippen molar-refractivity contribution in [2.45, 2.75) is 58.2 Å². The van der Waals surface area contributed by atoms with Gasteiger partial charge in [0.25, 0.3) is 0 Å². The summed E-state index contributed by atoms with van der Waals surface area (Å²) in [7, 11) is 0. The van der Waals surface area contributed by atoms with E-state index in [9.17, 15) is 18.8 Å². The van der Waals surface area contributed by atoms with Gasteiger partial charge in [0.1, 0.15) is 11.9 Å². The highest BCUT2D eigenvalue weighted by Gasteiger charge is 2.21. The smallest absolute Gasteiger partial charge is 0.315 e. The molecule has 0 saturated carbocycles. The van der Waals surface area contributed by atoms with E-state index in [4.69, 9.17) is 5.11 Å². The number of nitrogens with one attached hydrogen (secondary N) is 3. The fraction of sp³-hybridized carbons (Fsp3) is 0.500. The molecule has 0 aliphatic rings. The number of urea groups is 1. The van der Waals surface area contributed by atoms with Crippen LogP contribution in [-0.4, -0.2) is 35.1 Å². The van der Waals surface area contributed by atoms with Gasteiger partial charge in [0.05, 0.1) is 0 Å². The summed E-state index contributed by atoms with van der Waals surface area (Å²) < 4.78 is 12.9. The Labute approximate surface area is 152 Å². The van der Waals surface area contributed by atoms with Crippen LogP contribution in [0.4, 0.5) is 9.18 Å². The fourth-order valence-corrected chi connectivity index (χ4v) is 2.31. The Balaban J connectivity index is 2.48. The fourth-order valence-electron chi connectivity index (χ4n) is 2.31. The van der Waals surface area contributed by atoms with Crippen molar-refractivity contribution in [1.82, 2.24) is 16.0 Å². The first-order chi connectivity index (χ1) is 12.3. The summed E-state index contributed by atoms with van der Waals surface area (Å²) in [4.78, 5) is 34.9. The van der Waals surface area contributed by atoms with E-state index in [1.165, 1.54) is 12.1 Å². The van der Waals surface area contributed by atoms with E-state index >= 15 is 0 Å². The summed E-state index contributed by atoms with van der Waals surface area (Å²) in [6.07, 6.45) is 1.43. The molecular formula is C18H26FN3O4. The molecule has 0 radical (unpaired) electrons. The van der Waals surface area contributed by atoms with Crippen molar-refractivity contribution in [3.8, 4) is 0 Å². The molecule has 0 aliphatic carbocycles. The molecule has 1 rings (SSSR count). The van der Waals surface area contributed by atoms with E-state index < -0.39 is 18.0 Å². The second kappa shape index (κ2) is 11.1. The molecule has 3 amide bonds. The maximum atomic E-state index is 12.9. The van der Waals surface area contributed by atoms with Crippen LogP contribution in [0.5, 0.6) is 0 Å². The third-order valence-corrected chi connectivity index (χ3v) is 3.75. The number of hydrogen-bond acceptors (Lipinski definition) is 3. The number of amides is 3. The average molecular weight is 367 g/mol. The molecule has 0 saturated heterocycles. The van der Waals surface area contributed by atoms with Gasteiger partial charge in [0, 0.05) is 19.0 Å². The van der Waals surface area contributed by atoms with Crippen molar-refractivity contribution in [2.75, 3.05) is 0 Å². The zero-order valence-electron chi connectivity index (χ0n) is 15.0. The van der Waals surface area contributed by atoms with Gasteiger partial charge in [-0.1, -0.05) is 25.5 Å². The second-order valence-corrected chi connectivity index (χ2v) is 6.14. The van der Waals surface area contributed by atoms with Crippen LogP contribution < -0.4 is 16.0 Å². The molecule has 4 N–H and O–H groups in total. The molecular weight excluding hydrogens is 341 g/mol. The van der Waals surface area contributed by atoms with Crippen molar-refractivity contribution in [3.63, 3.8) is 0 Å². The lowest BCUT2D eigenvalue weighted by Crippen LogP contribution is -2.51. The minimum absolute atomic E-state index is 0.0362. The number of carboxylic acids is 1. The van der Waals surface area contributed by atoms with Crippen LogP contribution >= 0.6 is 0 Å². The van der Waals surface area contributed by atoms with Crippen LogP contribution in [0.1, 0.15) is 45.1 Å². The second-order valence-electron chi connectivity index (χ2n) is 6.14. The van der Waals surface area contributed by atoms with Crippen LogP contribution in [0.3, 0.4) is 0 Å². The Morgan fingerprint density at radius 3 is 2.35 bits per heavy atom. The molecule has 26 heavy (non-hydrogen) atoms. The van der Waals surface area contributed by atoms with Gasteiger partial charge in [0.15, 0.2) is 0 Å². The Morgan fingerprint density at radius 2 is 1.77 bits per heavy atom. The summed E-state index contributed by atoms with van der Waals surface area (Å²) in [6, 6.07) is 4.23. The largest absolute Gasteiger partial charge is 0.481 e. The summed E-state index contributed by atoms with van der Waals surface area (Å²) in [5, 5.41) is 16.6. The molecule has 1 aromatic rings. The zero-order valence-corrected chi connectivity index (χ0v) is 15.0. The van der Waals surface area contributed by atoms with E-state index in [1.54, 1.807) is 19.1 Å². The van der Waals surface area contributed by atoms with Crippen LogP contribution in [0.15, 0.2) is 24.3 Å². The number of carboxylic acid groups (broad SMARTS) is 1. The topological polar surface area (TPSA) is 108 Å². The molecule has 144 valence electrons. The van der Waals surface area contributed by atoms with Gasteiger partial charge in [-0.2, -0.15) is 0 Å². The van der Waals surface area contributed by atoms with E-state index in [0.717, 1.165) is 5.56 Å². The van der Waals surface area contributed by atoms with E-state index in [1.807, 2.05) is 6.92 Å². The lowest BCUT2D eigenvalue weighted by atomic mass is 10.1. The number of aliphatic carboxylic acids is 1. The average Bonchev–Trinajstić information content (AvgIpc) is 2.59. The van der Waals surface area contributed by atoms with E-state index in [2.05, 4.69) is 16.0 Å². The molecule has 0 aromatic heterocycles. The molecule has 2 unspecified atom stereocenters. The van der Waals surface area contributed by atoms with Crippen molar-refractivity contribution in [1.29, 1.82) is 0 Å². The van der Waals surface area contributed by atoms with Crippen molar-refractivity contribution < 1.29 is 23.9 Å². The standard InChI is InChI=1S/C18H26FN3O4/c1-3-4-15(17(25)21-12(2)5-10-16(23)24)22-18(26)20-11-13-6-8-14(19)9-7-13/h6-9,12,15H,3-5,10-11H2,1-2H3,(H,21,25)(H,23,24)(H2,20,22,26). The Bertz CT molecular complexity index is 607. The molecule has 2 atom stereocenters. The van der Waals surface area contributed by atoms with Gasteiger partial charge in [-0.25, -0.2) is 9.18 Å². The predicted octanol–water partition coefficient (Wildman–Crippen LogP) is 2.16. The summed E-state index contributed by atoms with van der Waals surface area (Å²) >= 11 is 0. The Hall–Kier alpha value is -2.64. The van der Waals surface area contributed by atoms with Crippen molar-refractivity contribution >= 4 is 17.9 Å². The molecule has 0 aliphatic heterocycles. The summed E-state index contributed by atoms with van der Waals surface area (Å²) in [5.74, 6) is -1.62. The SMILES string of the molecule is CCCC(NC(=O)NCc1ccc(F)cc1)C(=O)NC(C)CCC(=O)O. The number of carbonyl (C=O) groups is 3. The van der Waals surface area contributed by atoms with Gasteiger partial charge in [-0.3, -0.25) is 9.59 Å². The third-order valence-electron chi connectivity index (χ3n) is 3.75. The van der Waals surface area contributed by atoms with Crippen LogP contribution in [0.2, 0.25) is 0 Å². The van der Waals surface area contributed by atoms with E-state index in [-0.39, 0.29) is 30.7 Å². The van der Waals surface area contributed by atoms with Crippen molar-refractivity contribution in [3.05, 3.63) is 35.6 Å².